The molecule has 1 aliphatic heterocycles. The van der Waals surface area contributed by atoms with Crippen molar-refractivity contribution in [1.82, 2.24) is 15.2 Å². The molecule has 1 N–H and O–H groups in total. The number of nitrogens with one attached hydrogen (secondary N) is 1. The van der Waals surface area contributed by atoms with E-state index in [1.165, 1.54) is 0 Å². The Kier molecular flexibility index (Phi) is 4.33. The Morgan fingerprint density at radius 3 is 2.72 bits per heavy atom. The summed E-state index contributed by atoms with van der Waals surface area (Å²) in [4.78, 5) is 17.9. The number of rotatable bonds is 4. The highest BCUT2D eigenvalue weighted by molar-refractivity contribution is 5.78. The molecule has 1 amide bonds. The van der Waals surface area contributed by atoms with Crippen molar-refractivity contribution in [1.29, 1.82) is 0 Å². The van der Waals surface area contributed by atoms with E-state index in [0.717, 1.165) is 11.5 Å². The van der Waals surface area contributed by atoms with Gasteiger partial charge in [-0.15, -0.1) is 0 Å². The van der Waals surface area contributed by atoms with Gasteiger partial charge in [-0.1, -0.05) is 0 Å². The number of aryl methyl sites for hydroxylation is 2. The number of oxazole rings is 1. The molecule has 0 unspecified atom stereocenters. The molecule has 0 spiro atoms. The molecular weight excluding hydrogens is 234 g/mol. The van der Waals surface area contributed by atoms with Gasteiger partial charge in [0.2, 0.25) is 11.8 Å². The van der Waals surface area contributed by atoms with E-state index in [2.05, 4.69) is 10.3 Å². The molecule has 0 aromatic carbocycles. The molecule has 100 valence electrons. The van der Waals surface area contributed by atoms with Crippen molar-refractivity contribution < 1.29 is 13.9 Å². The lowest BCUT2D eigenvalue weighted by Gasteiger charge is -2.26. The fraction of sp³-hybridized carbons (Fsp3) is 0.667. The number of morpholine rings is 1. The van der Waals surface area contributed by atoms with Gasteiger partial charge >= 0.3 is 0 Å². The van der Waals surface area contributed by atoms with Gasteiger partial charge in [0.25, 0.3) is 0 Å². The van der Waals surface area contributed by atoms with E-state index in [9.17, 15) is 4.79 Å². The predicted molar refractivity (Wildman–Crippen MR) is 65.1 cm³/mol. The molecule has 6 nitrogen and oxygen atoms in total. The summed E-state index contributed by atoms with van der Waals surface area (Å²) in [5.41, 5.74) is 0.895. The van der Waals surface area contributed by atoms with E-state index < -0.39 is 0 Å². The zero-order valence-corrected chi connectivity index (χ0v) is 10.9. The zero-order chi connectivity index (χ0) is 13.0. The lowest BCUT2D eigenvalue weighted by molar-refractivity contribution is -0.134. The van der Waals surface area contributed by atoms with Crippen molar-refractivity contribution in [3.05, 3.63) is 17.3 Å². The van der Waals surface area contributed by atoms with Gasteiger partial charge in [0, 0.05) is 13.1 Å². The van der Waals surface area contributed by atoms with Crippen LogP contribution < -0.4 is 5.32 Å². The Bertz CT molecular complexity index is 391. The highest BCUT2D eigenvalue weighted by Gasteiger charge is 2.16. The minimum atomic E-state index is 0.0956. The molecule has 0 bridgehead atoms. The van der Waals surface area contributed by atoms with Crippen LogP contribution in [0.25, 0.3) is 0 Å². The smallest absolute Gasteiger partial charge is 0.236 e. The lowest BCUT2D eigenvalue weighted by Crippen LogP contribution is -2.44. The van der Waals surface area contributed by atoms with Gasteiger partial charge in [-0.2, -0.15) is 0 Å². The van der Waals surface area contributed by atoms with Crippen molar-refractivity contribution in [3.63, 3.8) is 0 Å². The number of aromatic nitrogens is 1. The Balaban J connectivity index is 1.72. The SMILES string of the molecule is Cc1nc(CNCC(=O)N2CCOCC2)oc1C. The van der Waals surface area contributed by atoms with Crippen LogP contribution in [0.5, 0.6) is 0 Å². The molecular formula is C12H19N3O3. The summed E-state index contributed by atoms with van der Waals surface area (Å²) in [6.07, 6.45) is 0. The third kappa shape index (κ3) is 3.30. The maximum Gasteiger partial charge on any atom is 0.236 e. The average Bonchev–Trinajstić information content (AvgIpc) is 2.69. The van der Waals surface area contributed by atoms with Crippen molar-refractivity contribution in [2.45, 2.75) is 20.4 Å². The Hall–Kier alpha value is -1.40. The van der Waals surface area contributed by atoms with Crippen LogP contribution in [0.2, 0.25) is 0 Å². The van der Waals surface area contributed by atoms with E-state index in [4.69, 9.17) is 9.15 Å². The summed E-state index contributed by atoms with van der Waals surface area (Å²) in [5.74, 6) is 1.55. The van der Waals surface area contributed by atoms with Gasteiger partial charge in [-0.25, -0.2) is 4.98 Å². The van der Waals surface area contributed by atoms with Crippen LogP contribution in [-0.2, 0) is 16.1 Å². The van der Waals surface area contributed by atoms with Crippen molar-refractivity contribution in [2.24, 2.45) is 0 Å². The van der Waals surface area contributed by atoms with Gasteiger partial charge in [0.1, 0.15) is 5.76 Å². The van der Waals surface area contributed by atoms with Crippen molar-refractivity contribution in [3.8, 4) is 0 Å². The molecule has 0 radical (unpaired) electrons. The van der Waals surface area contributed by atoms with Gasteiger partial charge < -0.3 is 14.1 Å². The second-order valence-corrected chi connectivity index (χ2v) is 4.35. The second kappa shape index (κ2) is 5.97. The maximum absolute atomic E-state index is 11.8. The van der Waals surface area contributed by atoms with Crippen LogP contribution in [0.1, 0.15) is 17.3 Å². The maximum atomic E-state index is 11.8. The number of hydrogen-bond donors (Lipinski definition) is 1. The van der Waals surface area contributed by atoms with E-state index in [-0.39, 0.29) is 5.91 Å². The third-order valence-corrected chi connectivity index (χ3v) is 2.99. The van der Waals surface area contributed by atoms with Gasteiger partial charge in [0.15, 0.2) is 0 Å². The normalized spacial score (nSPS) is 16.0. The number of ether oxygens (including phenoxy) is 1. The largest absolute Gasteiger partial charge is 0.444 e. The van der Waals surface area contributed by atoms with Crippen LogP contribution in [0.15, 0.2) is 4.42 Å². The monoisotopic (exact) mass is 253 g/mol. The van der Waals surface area contributed by atoms with Crippen LogP contribution in [0, 0.1) is 13.8 Å². The highest BCUT2D eigenvalue weighted by Crippen LogP contribution is 2.07. The molecule has 2 rings (SSSR count). The van der Waals surface area contributed by atoms with Crippen LogP contribution >= 0.6 is 0 Å². The van der Waals surface area contributed by atoms with Crippen LogP contribution in [0.4, 0.5) is 0 Å². The van der Waals surface area contributed by atoms with E-state index in [1.807, 2.05) is 18.7 Å². The van der Waals surface area contributed by atoms with Crippen LogP contribution in [-0.4, -0.2) is 48.6 Å². The fourth-order valence-electron chi connectivity index (χ4n) is 1.82. The molecule has 1 saturated heterocycles. The summed E-state index contributed by atoms with van der Waals surface area (Å²) in [6.45, 7) is 7.18. The molecule has 1 fully saturated rings. The van der Waals surface area contributed by atoms with Gasteiger partial charge in [-0.05, 0) is 13.8 Å². The summed E-state index contributed by atoms with van der Waals surface area (Å²) in [6, 6.07) is 0. The molecule has 1 aromatic heterocycles. The lowest BCUT2D eigenvalue weighted by atomic mass is 10.4. The second-order valence-electron chi connectivity index (χ2n) is 4.35. The van der Waals surface area contributed by atoms with Crippen molar-refractivity contribution >= 4 is 5.91 Å². The summed E-state index contributed by atoms with van der Waals surface area (Å²) in [7, 11) is 0. The Morgan fingerprint density at radius 1 is 1.39 bits per heavy atom. The summed E-state index contributed by atoms with van der Waals surface area (Å²) < 4.78 is 10.6. The van der Waals surface area contributed by atoms with E-state index in [0.29, 0.717) is 45.3 Å². The number of hydrogen-bond acceptors (Lipinski definition) is 5. The molecule has 0 aliphatic carbocycles. The van der Waals surface area contributed by atoms with Crippen molar-refractivity contribution in [2.75, 3.05) is 32.8 Å². The van der Waals surface area contributed by atoms with E-state index in [1.54, 1.807) is 0 Å². The van der Waals surface area contributed by atoms with Gasteiger partial charge in [-0.3, -0.25) is 10.1 Å². The topological polar surface area (TPSA) is 67.6 Å². The highest BCUT2D eigenvalue weighted by atomic mass is 16.5. The standard InChI is InChI=1S/C12H19N3O3/c1-9-10(2)18-11(14-9)7-13-8-12(16)15-3-5-17-6-4-15/h13H,3-8H2,1-2H3. The molecule has 1 aromatic rings. The van der Waals surface area contributed by atoms with Crippen LogP contribution in [0.3, 0.4) is 0 Å². The minimum absolute atomic E-state index is 0.0956. The molecule has 1 aliphatic rings. The quantitative estimate of drug-likeness (QED) is 0.832. The number of amides is 1. The third-order valence-electron chi connectivity index (χ3n) is 2.99. The Morgan fingerprint density at radius 2 is 2.11 bits per heavy atom. The summed E-state index contributed by atoms with van der Waals surface area (Å²) >= 11 is 0. The van der Waals surface area contributed by atoms with E-state index >= 15 is 0 Å². The first-order valence-corrected chi connectivity index (χ1v) is 6.16. The predicted octanol–water partition coefficient (Wildman–Crippen LogP) is 0.240. The first-order chi connectivity index (χ1) is 8.66. The first kappa shape index (κ1) is 13.0. The molecule has 18 heavy (non-hydrogen) atoms. The number of carbonyl (C=O) groups excluding carboxylic acids is 1. The molecule has 6 heteroatoms. The number of carbonyl (C=O) groups is 1. The van der Waals surface area contributed by atoms with Gasteiger partial charge in [0.05, 0.1) is 32.0 Å². The number of nitrogens with zero attached hydrogens (tertiary/aromatic N) is 2. The molecule has 2 heterocycles. The fourth-order valence-corrected chi connectivity index (χ4v) is 1.82. The Labute approximate surface area is 106 Å². The first-order valence-electron chi connectivity index (χ1n) is 6.16. The average molecular weight is 253 g/mol. The summed E-state index contributed by atoms with van der Waals surface area (Å²) in [5, 5.41) is 3.05. The zero-order valence-electron chi connectivity index (χ0n) is 10.9. The minimum Gasteiger partial charge on any atom is -0.444 e. The molecule has 0 atom stereocenters. The molecule has 0 saturated carbocycles.